The minimum atomic E-state index is -5.00. The summed E-state index contributed by atoms with van der Waals surface area (Å²) in [6.45, 7) is -3.69. The van der Waals surface area contributed by atoms with E-state index in [0.29, 0.717) is 17.6 Å². The molecule has 4 fully saturated rings. The fraction of sp³-hybridized carbons (Fsp3) is 0.591. The van der Waals surface area contributed by atoms with E-state index < -0.39 is 87.4 Å². The first-order valence-electron chi connectivity index (χ1n) is 13.9. The van der Waals surface area contributed by atoms with Crippen molar-refractivity contribution in [2.24, 2.45) is 11.3 Å². The number of anilines is 1. The standard InChI is InChI=1S/C22H26N10O11P2S/c1-7-27-19-11(20(35)28-7)29-30-32(19)21-15-13(33)9(41-21)3-39-45(38,46)43-16-14(34)12(8-2-22(8,16)4-40-44(36,37)42-15)31-6-26-10-17(23)24-5-25-18(10)31/h5-6,8-9,12-16,21,33-34H,2-4H2,1H3,(H,36,37)(H,38,46)(H2,23,24,25)(H,27,28,35)/t8-,9-,12-,13-,14+,15-,16+,21-,22+,45?/m1/s1. The van der Waals surface area contributed by atoms with Crippen molar-refractivity contribution in [3.63, 3.8) is 0 Å². The van der Waals surface area contributed by atoms with E-state index in [1.54, 1.807) is 4.57 Å². The summed E-state index contributed by atoms with van der Waals surface area (Å²) in [6.07, 6.45) is -5.59. The Hall–Kier alpha value is -2.85. The molecule has 6 heterocycles. The highest BCUT2D eigenvalue weighted by molar-refractivity contribution is 8.07. The molecule has 1 spiro atoms. The van der Waals surface area contributed by atoms with Crippen LogP contribution in [-0.4, -0.2) is 108 Å². The predicted molar refractivity (Wildman–Crippen MR) is 154 cm³/mol. The van der Waals surface area contributed by atoms with Crippen LogP contribution in [-0.2, 0) is 39.2 Å². The highest BCUT2D eigenvalue weighted by Crippen LogP contribution is 2.72. The van der Waals surface area contributed by atoms with E-state index in [4.69, 9.17) is 40.4 Å². The van der Waals surface area contributed by atoms with Crippen LogP contribution in [0.15, 0.2) is 17.4 Å². The SMILES string of the molecule is Cc1nc2c(nnn2[C@@H]2O[C@@H]3COP(O)(=S)O[C@H]4[C@@H](O)[C@H](n5cnc6c(N)ncnc65)[C@H]5C[C@]54COP(=O)(O)O[C@@H]2[C@@H]3O)c(=O)[nH]1. The summed E-state index contributed by atoms with van der Waals surface area (Å²) in [5, 5.41) is 30.4. The van der Waals surface area contributed by atoms with E-state index in [9.17, 15) is 29.4 Å². The second-order valence-electron chi connectivity index (χ2n) is 11.6. The van der Waals surface area contributed by atoms with Crippen molar-refractivity contribution in [3.8, 4) is 0 Å². The fourth-order valence-electron chi connectivity index (χ4n) is 6.77. The molecule has 4 aliphatic rings. The summed E-state index contributed by atoms with van der Waals surface area (Å²) in [5.41, 5.74) is 4.68. The molecule has 2 aliphatic heterocycles. The van der Waals surface area contributed by atoms with Crippen molar-refractivity contribution in [3.05, 3.63) is 28.8 Å². The maximum atomic E-state index is 13.4. The second-order valence-corrected chi connectivity index (χ2v) is 15.8. The predicted octanol–water partition coefficient (Wildman–Crippen LogP) is -1.44. The van der Waals surface area contributed by atoms with Crippen molar-refractivity contribution >= 4 is 54.5 Å². The number of aromatic nitrogens is 9. The van der Waals surface area contributed by atoms with Crippen LogP contribution >= 0.6 is 14.5 Å². The molecule has 0 amide bonds. The number of aliphatic hydroxyl groups excluding tert-OH is 2. The number of phosphoric acid groups is 1. The fourth-order valence-corrected chi connectivity index (χ4v) is 9.25. The van der Waals surface area contributed by atoms with Gasteiger partial charge in [0.15, 0.2) is 28.9 Å². The van der Waals surface area contributed by atoms with E-state index in [1.807, 2.05) is 0 Å². The third-order valence-electron chi connectivity index (χ3n) is 8.93. The third kappa shape index (κ3) is 4.67. The van der Waals surface area contributed by atoms with Crippen LogP contribution in [0.25, 0.3) is 22.3 Å². The quantitative estimate of drug-likeness (QED) is 0.131. The zero-order chi connectivity index (χ0) is 32.3. The number of nitrogens with zero attached hydrogens (tertiary/aromatic N) is 8. The van der Waals surface area contributed by atoms with Crippen molar-refractivity contribution in [2.45, 2.75) is 56.1 Å². The Labute approximate surface area is 261 Å². The molecule has 0 aromatic carbocycles. The average molecular weight is 701 g/mol. The lowest BCUT2D eigenvalue weighted by molar-refractivity contribution is -0.0662. The van der Waals surface area contributed by atoms with Crippen LogP contribution in [0.5, 0.6) is 0 Å². The number of H-pyrrole nitrogens is 1. The maximum absolute atomic E-state index is 13.4. The van der Waals surface area contributed by atoms with Gasteiger partial charge >= 0.3 is 14.5 Å². The first kappa shape index (κ1) is 30.5. The van der Waals surface area contributed by atoms with E-state index in [0.717, 1.165) is 4.68 Å². The topological polar surface area (TPSA) is 290 Å². The first-order chi connectivity index (χ1) is 21.8. The number of hydrogen-bond acceptors (Lipinski definition) is 17. The molecular weight excluding hydrogens is 674 g/mol. The second kappa shape index (κ2) is 10.3. The van der Waals surface area contributed by atoms with Crippen molar-refractivity contribution in [1.29, 1.82) is 0 Å². The Balaban J connectivity index is 1.14. The number of rotatable bonds is 2. The van der Waals surface area contributed by atoms with Crippen LogP contribution in [0.2, 0.25) is 0 Å². The number of aromatic amines is 1. The Morgan fingerprint density at radius 1 is 1.13 bits per heavy atom. The molecular formula is C22H26N10O11P2S. The molecule has 246 valence electrons. The summed E-state index contributed by atoms with van der Waals surface area (Å²) < 4.78 is 44.4. The number of hydrogen-bond donors (Lipinski definition) is 6. The van der Waals surface area contributed by atoms with Crippen LogP contribution in [0, 0.1) is 18.3 Å². The molecule has 11 atom stereocenters. The number of nitrogens with two attached hydrogens (primary N) is 1. The van der Waals surface area contributed by atoms with Gasteiger partial charge in [0, 0.05) is 5.41 Å². The number of nitrogen functional groups attached to an aromatic ring is 1. The lowest BCUT2D eigenvalue weighted by atomic mass is 10.0. The zero-order valence-electron chi connectivity index (χ0n) is 23.5. The molecule has 8 rings (SSSR count). The number of aliphatic hydroxyl groups is 2. The van der Waals surface area contributed by atoms with Gasteiger partial charge < -0.3 is 49.1 Å². The summed E-state index contributed by atoms with van der Waals surface area (Å²) >= 11 is 5.30. The summed E-state index contributed by atoms with van der Waals surface area (Å²) in [5.74, 6) is -0.0680. The largest absolute Gasteiger partial charge is 0.472 e. The number of nitrogens with one attached hydrogen (secondary N) is 1. The van der Waals surface area contributed by atoms with Gasteiger partial charge in [0.2, 0.25) is 0 Å². The minimum absolute atomic E-state index is 0.0494. The molecule has 4 aromatic heterocycles. The maximum Gasteiger partial charge on any atom is 0.472 e. The molecule has 21 nitrogen and oxygen atoms in total. The van der Waals surface area contributed by atoms with Crippen LogP contribution in [0.1, 0.15) is 24.5 Å². The highest BCUT2D eigenvalue weighted by Gasteiger charge is 2.74. The molecule has 24 heteroatoms. The first-order valence-corrected chi connectivity index (χ1v) is 18.0. The molecule has 0 radical (unpaired) electrons. The smallest absolute Gasteiger partial charge is 0.388 e. The summed E-state index contributed by atoms with van der Waals surface area (Å²) in [6, 6.07) is -0.736. The molecule has 2 aliphatic carbocycles. The molecule has 2 unspecified atom stereocenters. The van der Waals surface area contributed by atoms with Gasteiger partial charge in [-0.1, -0.05) is 5.21 Å². The summed E-state index contributed by atoms with van der Waals surface area (Å²) in [7, 11) is -5.00. The van der Waals surface area contributed by atoms with Gasteiger partial charge in [-0.3, -0.25) is 13.8 Å². The number of ether oxygens (including phenoxy) is 1. The van der Waals surface area contributed by atoms with Crippen LogP contribution in [0.4, 0.5) is 5.82 Å². The summed E-state index contributed by atoms with van der Waals surface area (Å²) in [4.78, 5) is 53.6. The highest BCUT2D eigenvalue weighted by atomic mass is 32.5. The number of aryl methyl sites for hydroxylation is 1. The van der Waals surface area contributed by atoms with Crippen LogP contribution < -0.4 is 11.3 Å². The average Bonchev–Trinajstić information content (AvgIpc) is 3.26. The Morgan fingerprint density at radius 2 is 1.93 bits per heavy atom. The van der Waals surface area contributed by atoms with E-state index in [-0.39, 0.29) is 22.8 Å². The number of fused-ring (bicyclic) bond motifs is 4. The minimum Gasteiger partial charge on any atom is -0.388 e. The lowest BCUT2D eigenvalue weighted by Crippen LogP contribution is -2.38. The van der Waals surface area contributed by atoms with Gasteiger partial charge in [0.05, 0.1) is 25.6 Å². The Kier molecular flexibility index (Phi) is 6.84. The molecule has 7 N–H and O–H groups in total. The van der Waals surface area contributed by atoms with Crippen LogP contribution in [0.3, 0.4) is 0 Å². The van der Waals surface area contributed by atoms with Gasteiger partial charge in [0.25, 0.3) is 5.56 Å². The van der Waals surface area contributed by atoms with Gasteiger partial charge in [-0.2, -0.15) is 4.68 Å². The van der Waals surface area contributed by atoms with Crippen molar-refractivity contribution in [2.75, 3.05) is 18.9 Å². The van der Waals surface area contributed by atoms with Crippen molar-refractivity contribution < 1.29 is 47.4 Å². The molecule has 2 bridgehead atoms. The van der Waals surface area contributed by atoms with Gasteiger partial charge in [0.1, 0.15) is 48.2 Å². The molecule has 2 saturated heterocycles. The van der Waals surface area contributed by atoms with E-state index in [2.05, 4.69) is 35.2 Å². The zero-order valence-corrected chi connectivity index (χ0v) is 26.1. The van der Waals surface area contributed by atoms with Gasteiger partial charge in [-0.25, -0.2) is 24.5 Å². The molecule has 4 aromatic rings. The normalized spacial score (nSPS) is 41.1. The molecule has 2 saturated carbocycles. The Bertz CT molecular complexity index is 2040. The van der Waals surface area contributed by atoms with E-state index >= 15 is 0 Å². The lowest BCUT2D eigenvalue weighted by Gasteiger charge is -2.31. The number of imidazole rings is 1. The monoisotopic (exact) mass is 700 g/mol. The Morgan fingerprint density at radius 3 is 2.74 bits per heavy atom. The van der Waals surface area contributed by atoms with Gasteiger partial charge in [-0.05, 0) is 31.1 Å². The van der Waals surface area contributed by atoms with Crippen molar-refractivity contribution in [1.82, 2.24) is 44.5 Å². The molecule has 46 heavy (non-hydrogen) atoms. The number of phosphoric ester groups is 1. The van der Waals surface area contributed by atoms with Gasteiger partial charge in [-0.15, -0.1) is 5.10 Å². The van der Waals surface area contributed by atoms with E-state index in [1.165, 1.54) is 19.6 Å². The third-order valence-corrected chi connectivity index (χ3v) is 11.4.